The highest BCUT2D eigenvalue weighted by Gasteiger charge is 2.09. The van der Waals surface area contributed by atoms with Crippen molar-refractivity contribution in [3.8, 4) is 5.88 Å². The summed E-state index contributed by atoms with van der Waals surface area (Å²) in [4.78, 5) is 14.5. The predicted molar refractivity (Wildman–Crippen MR) is 75.2 cm³/mol. The Morgan fingerprint density at radius 1 is 1.19 bits per heavy atom. The molecule has 0 unspecified atom stereocenters. The van der Waals surface area contributed by atoms with E-state index in [1.165, 1.54) is 12.3 Å². The number of nitrogens with zero attached hydrogens (tertiary/aromatic N) is 1. The molecule has 0 aliphatic rings. The van der Waals surface area contributed by atoms with Crippen molar-refractivity contribution in [2.75, 3.05) is 46.8 Å². The van der Waals surface area contributed by atoms with E-state index in [1.807, 2.05) is 0 Å². The molecular weight excluding hydrogens is 302 g/mol. The summed E-state index contributed by atoms with van der Waals surface area (Å²) in [6.45, 7) is 2.64. The molecule has 0 aromatic carbocycles. The first-order valence-electron chi connectivity index (χ1n) is 6.31. The Labute approximate surface area is 127 Å². The Bertz CT molecular complexity index is 443. The summed E-state index contributed by atoms with van der Waals surface area (Å²) in [6.07, 6.45) is 1.19. The van der Waals surface area contributed by atoms with Gasteiger partial charge in [-0.15, -0.1) is 0 Å². The number of aromatic nitrogens is 1. The third-order valence-electron chi connectivity index (χ3n) is 2.32. The maximum Gasteiger partial charge on any atom is 0.337 e. The molecule has 118 valence electrons. The van der Waals surface area contributed by atoms with E-state index in [1.54, 1.807) is 7.11 Å². The molecule has 1 rings (SSSR count). The third-order valence-corrected chi connectivity index (χ3v) is 2.60. The van der Waals surface area contributed by atoms with Gasteiger partial charge in [-0.1, -0.05) is 11.6 Å². The summed E-state index contributed by atoms with van der Waals surface area (Å²) < 4.78 is 20.6. The van der Waals surface area contributed by atoms with Gasteiger partial charge in [-0.2, -0.15) is 0 Å². The van der Waals surface area contributed by atoms with E-state index >= 15 is 0 Å². The van der Waals surface area contributed by atoms with Gasteiger partial charge in [0.15, 0.2) is 0 Å². The number of pyridine rings is 1. The fourth-order valence-electron chi connectivity index (χ4n) is 1.31. The molecule has 21 heavy (non-hydrogen) atoms. The highest BCUT2D eigenvalue weighted by Crippen LogP contribution is 2.22. The lowest BCUT2D eigenvalue weighted by atomic mass is 10.3. The van der Waals surface area contributed by atoms with Crippen molar-refractivity contribution in [2.24, 2.45) is 0 Å². The summed E-state index contributed by atoms with van der Waals surface area (Å²) in [5.74, 6) is -0.908. The van der Waals surface area contributed by atoms with Gasteiger partial charge >= 0.3 is 5.97 Å². The molecule has 0 fully saturated rings. The normalized spacial score (nSPS) is 10.6. The van der Waals surface area contributed by atoms with Gasteiger partial charge < -0.3 is 24.1 Å². The van der Waals surface area contributed by atoms with Crippen LogP contribution in [0.15, 0.2) is 12.3 Å². The molecule has 0 amide bonds. The molecule has 0 bridgehead atoms. The van der Waals surface area contributed by atoms with E-state index in [2.05, 4.69) is 4.98 Å². The monoisotopic (exact) mass is 319 g/mol. The van der Waals surface area contributed by atoms with Gasteiger partial charge in [-0.25, -0.2) is 9.78 Å². The van der Waals surface area contributed by atoms with Crippen LogP contribution in [-0.4, -0.2) is 62.8 Å². The number of methoxy groups -OCH3 is 1. The van der Waals surface area contributed by atoms with Crippen molar-refractivity contribution in [2.45, 2.75) is 0 Å². The first-order chi connectivity index (χ1) is 10.1. The molecule has 7 nitrogen and oxygen atoms in total. The maximum absolute atomic E-state index is 10.7. The van der Waals surface area contributed by atoms with Gasteiger partial charge in [0, 0.05) is 13.3 Å². The Balaban J connectivity index is 2.14. The summed E-state index contributed by atoms with van der Waals surface area (Å²) in [5, 5.41) is 8.92. The molecule has 1 aromatic heterocycles. The van der Waals surface area contributed by atoms with Crippen molar-refractivity contribution in [3.63, 3.8) is 0 Å². The fraction of sp³-hybridized carbons (Fsp3) is 0.538. The molecule has 0 atom stereocenters. The SMILES string of the molecule is COCCOCCOCCOc1ncc(C(=O)O)cc1Cl. The zero-order valence-corrected chi connectivity index (χ0v) is 12.5. The van der Waals surface area contributed by atoms with Gasteiger partial charge in [0.2, 0.25) is 5.88 Å². The van der Waals surface area contributed by atoms with E-state index < -0.39 is 5.97 Å². The molecule has 0 saturated heterocycles. The Morgan fingerprint density at radius 3 is 2.38 bits per heavy atom. The predicted octanol–water partition coefficient (Wildman–Crippen LogP) is 1.49. The fourth-order valence-corrected chi connectivity index (χ4v) is 1.53. The molecule has 1 N–H and O–H groups in total. The first kappa shape index (κ1) is 17.6. The highest BCUT2D eigenvalue weighted by molar-refractivity contribution is 6.32. The zero-order valence-electron chi connectivity index (χ0n) is 11.7. The second-order valence-electron chi connectivity index (χ2n) is 3.88. The molecular formula is C13H18ClNO6. The smallest absolute Gasteiger partial charge is 0.337 e. The van der Waals surface area contributed by atoms with E-state index in [0.29, 0.717) is 33.0 Å². The van der Waals surface area contributed by atoms with E-state index in [0.717, 1.165) is 0 Å². The average Bonchev–Trinajstić information content (AvgIpc) is 2.46. The quantitative estimate of drug-likeness (QED) is 0.618. The summed E-state index contributed by atoms with van der Waals surface area (Å²) in [7, 11) is 1.61. The van der Waals surface area contributed by atoms with Gasteiger partial charge in [0.25, 0.3) is 0 Å². The third kappa shape index (κ3) is 7.24. The minimum absolute atomic E-state index is 0.0109. The largest absolute Gasteiger partial charge is 0.478 e. The Kier molecular flexibility index (Phi) is 8.68. The minimum Gasteiger partial charge on any atom is -0.478 e. The lowest BCUT2D eigenvalue weighted by Gasteiger charge is -2.08. The van der Waals surface area contributed by atoms with Gasteiger partial charge in [-0.05, 0) is 6.07 Å². The number of aromatic carboxylic acids is 1. The Hall–Kier alpha value is -1.41. The van der Waals surface area contributed by atoms with Crippen LogP contribution >= 0.6 is 11.6 Å². The number of halogens is 1. The number of carbonyl (C=O) groups is 1. The van der Waals surface area contributed by atoms with Crippen LogP contribution in [0.25, 0.3) is 0 Å². The van der Waals surface area contributed by atoms with Gasteiger partial charge in [0.05, 0.1) is 38.6 Å². The average molecular weight is 320 g/mol. The second-order valence-corrected chi connectivity index (χ2v) is 4.29. The number of hydrogen-bond acceptors (Lipinski definition) is 6. The highest BCUT2D eigenvalue weighted by atomic mass is 35.5. The second kappa shape index (κ2) is 10.3. The van der Waals surface area contributed by atoms with Crippen LogP contribution in [0.5, 0.6) is 5.88 Å². The van der Waals surface area contributed by atoms with Gasteiger partial charge in [-0.3, -0.25) is 0 Å². The summed E-state index contributed by atoms with van der Waals surface area (Å²) >= 11 is 5.86. The molecule has 1 aromatic rings. The van der Waals surface area contributed by atoms with Crippen LogP contribution in [0.4, 0.5) is 0 Å². The van der Waals surface area contributed by atoms with Crippen LogP contribution < -0.4 is 4.74 Å². The summed E-state index contributed by atoms with van der Waals surface area (Å²) in [5.41, 5.74) is 0.0109. The van der Waals surface area contributed by atoms with Crippen molar-refractivity contribution >= 4 is 17.6 Å². The number of ether oxygens (including phenoxy) is 4. The Morgan fingerprint density at radius 2 is 1.81 bits per heavy atom. The minimum atomic E-state index is -1.09. The molecule has 0 aliphatic carbocycles. The number of rotatable bonds is 11. The standard InChI is InChI=1S/C13H18ClNO6/c1-18-2-3-19-4-5-20-6-7-21-12-11(14)8-10(9-15-12)13(16)17/h8-9H,2-7H2,1H3,(H,16,17). The molecule has 0 radical (unpaired) electrons. The zero-order chi connectivity index (χ0) is 15.5. The van der Waals surface area contributed by atoms with E-state index in [4.69, 9.17) is 35.7 Å². The van der Waals surface area contributed by atoms with Crippen molar-refractivity contribution < 1.29 is 28.8 Å². The summed E-state index contributed by atoms with van der Waals surface area (Å²) in [6, 6.07) is 1.29. The topological polar surface area (TPSA) is 87.1 Å². The number of hydrogen-bond donors (Lipinski definition) is 1. The van der Waals surface area contributed by atoms with Gasteiger partial charge in [0.1, 0.15) is 11.6 Å². The molecule has 0 spiro atoms. The molecule has 0 saturated carbocycles. The van der Waals surface area contributed by atoms with Crippen LogP contribution in [0.3, 0.4) is 0 Å². The van der Waals surface area contributed by atoms with Crippen molar-refractivity contribution in [3.05, 3.63) is 22.8 Å². The van der Waals surface area contributed by atoms with Crippen molar-refractivity contribution in [1.82, 2.24) is 4.98 Å². The van der Waals surface area contributed by atoms with Crippen LogP contribution in [0, 0.1) is 0 Å². The van der Waals surface area contributed by atoms with Crippen LogP contribution in [0.2, 0.25) is 5.02 Å². The van der Waals surface area contributed by atoms with E-state index in [-0.39, 0.29) is 23.1 Å². The van der Waals surface area contributed by atoms with Crippen LogP contribution in [0.1, 0.15) is 10.4 Å². The lowest BCUT2D eigenvalue weighted by molar-refractivity contribution is 0.0176. The van der Waals surface area contributed by atoms with E-state index in [9.17, 15) is 4.79 Å². The molecule has 1 heterocycles. The molecule has 0 aliphatic heterocycles. The maximum atomic E-state index is 10.7. The van der Waals surface area contributed by atoms with Crippen LogP contribution in [-0.2, 0) is 14.2 Å². The number of carboxylic acid groups (broad SMARTS) is 1. The number of carboxylic acids is 1. The first-order valence-corrected chi connectivity index (χ1v) is 6.69. The lowest BCUT2D eigenvalue weighted by Crippen LogP contribution is -2.13. The van der Waals surface area contributed by atoms with Crippen molar-refractivity contribution in [1.29, 1.82) is 0 Å². The molecule has 8 heteroatoms.